The van der Waals surface area contributed by atoms with Crippen LogP contribution in [0.25, 0.3) is 0 Å². The molecule has 6 heteroatoms. The van der Waals surface area contributed by atoms with Gasteiger partial charge in [-0.05, 0) is 43.4 Å². The molecule has 0 amide bonds. The number of benzene rings is 2. The van der Waals surface area contributed by atoms with Crippen LogP contribution in [0.3, 0.4) is 0 Å². The van der Waals surface area contributed by atoms with Crippen LogP contribution in [0.4, 0.5) is 0 Å². The molecule has 0 bridgehead atoms. The summed E-state index contributed by atoms with van der Waals surface area (Å²) in [6.45, 7) is 6.90. The normalized spacial score (nSPS) is 23.6. The largest absolute Gasteiger partial charge is 0.373 e. The highest BCUT2D eigenvalue weighted by molar-refractivity contribution is 14.0. The van der Waals surface area contributed by atoms with Gasteiger partial charge < -0.3 is 15.0 Å². The second-order valence-corrected chi connectivity index (χ2v) is 9.26. The van der Waals surface area contributed by atoms with E-state index in [4.69, 9.17) is 9.73 Å². The highest BCUT2D eigenvalue weighted by Crippen LogP contribution is 2.34. The van der Waals surface area contributed by atoms with E-state index in [0.717, 1.165) is 45.2 Å². The first-order chi connectivity index (χ1) is 14.8. The number of guanidine groups is 1. The Labute approximate surface area is 208 Å². The van der Waals surface area contributed by atoms with Crippen LogP contribution in [0, 0.1) is 11.8 Å². The molecule has 0 saturated carbocycles. The van der Waals surface area contributed by atoms with Crippen LogP contribution in [0.1, 0.15) is 31.4 Å². The first kappa shape index (κ1) is 24.4. The van der Waals surface area contributed by atoms with E-state index in [2.05, 4.69) is 77.8 Å². The molecule has 4 rings (SSSR count). The predicted octanol–water partition coefficient (Wildman–Crippen LogP) is 5.46. The SMILES string of the molecule is CCNC(=NCC1CCOC1c1ccccc1)N1CCC(CSc2ccccc2)C1.I. The number of hydrogen-bond acceptors (Lipinski definition) is 3. The minimum atomic E-state index is 0. The molecular formula is C25H34IN3OS. The Hall–Kier alpha value is -1.25. The van der Waals surface area contributed by atoms with Crippen molar-refractivity contribution in [3.05, 3.63) is 66.2 Å². The number of ether oxygens (including phenoxy) is 1. The first-order valence-corrected chi connectivity index (χ1v) is 12.2. The molecule has 2 heterocycles. The highest BCUT2D eigenvalue weighted by Gasteiger charge is 2.30. The number of thioether (sulfide) groups is 1. The zero-order chi connectivity index (χ0) is 20.6. The van der Waals surface area contributed by atoms with E-state index in [1.54, 1.807) is 0 Å². The lowest BCUT2D eigenvalue weighted by molar-refractivity contribution is 0.0925. The van der Waals surface area contributed by atoms with E-state index < -0.39 is 0 Å². The van der Waals surface area contributed by atoms with Crippen molar-refractivity contribution in [3.63, 3.8) is 0 Å². The monoisotopic (exact) mass is 551 g/mol. The zero-order valence-electron chi connectivity index (χ0n) is 18.3. The summed E-state index contributed by atoms with van der Waals surface area (Å²) in [7, 11) is 0. The number of rotatable bonds is 7. The predicted molar refractivity (Wildman–Crippen MR) is 141 cm³/mol. The Morgan fingerprint density at radius 3 is 2.58 bits per heavy atom. The van der Waals surface area contributed by atoms with Crippen LogP contribution in [0.15, 0.2) is 70.6 Å². The summed E-state index contributed by atoms with van der Waals surface area (Å²) >= 11 is 1.97. The summed E-state index contributed by atoms with van der Waals surface area (Å²) in [6.07, 6.45) is 2.49. The van der Waals surface area contributed by atoms with Gasteiger partial charge in [0.15, 0.2) is 5.96 Å². The van der Waals surface area contributed by atoms with Crippen LogP contribution >= 0.6 is 35.7 Å². The van der Waals surface area contributed by atoms with Gasteiger partial charge in [-0.3, -0.25) is 4.99 Å². The van der Waals surface area contributed by atoms with Gasteiger partial charge in [-0.1, -0.05) is 48.5 Å². The second kappa shape index (κ2) is 12.7. The molecule has 31 heavy (non-hydrogen) atoms. The van der Waals surface area contributed by atoms with Crippen LogP contribution in [-0.2, 0) is 4.74 Å². The molecule has 3 atom stereocenters. The number of nitrogens with zero attached hydrogens (tertiary/aromatic N) is 2. The maximum atomic E-state index is 6.05. The Bertz CT molecular complexity index is 805. The molecular weight excluding hydrogens is 517 g/mol. The molecule has 2 saturated heterocycles. The molecule has 2 aliphatic rings. The number of nitrogens with one attached hydrogen (secondary N) is 1. The summed E-state index contributed by atoms with van der Waals surface area (Å²) in [5, 5.41) is 3.53. The standard InChI is InChI=1S/C25H33N3OS.HI/c1-2-26-25(27-17-22-14-16-29-24(22)21-9-5-3-6-10-21)28-15-13-20(18-28)19-30-23-11-7-4-8-12-23;/h3-12,20,22,24H,2,13-19H2,1H3,(H,26,27);1H. The average molecular weight is 552 g/mol. The molecule has 0 radical (unpaired) electrons. The third-order valence-electron chi connectivity index (χ3n) is 5.97. The van der Waals surface area contributed by atoms with Crippen molar-refractivity contribution < 1.29 is 4.74 Å². The molecule has 0 spiro atoms. The lowest BCUT2D eigenvalue weighted by Crippen LogP contribution is -2.40. The minimum absolute atomic E-state index is 0. The van der Waals surface area contributed by atoms with Gasteiger partial charge in [0, 0.05) is 49.4 Å². The molecule has 2 fully saturated rings. The molecule has 4 nitrogen and oxygen atoms in total. The molecule has 2 aromatic rings. The fourth-order valence-electron chi connectivity index (χ4n) is 4.35. The van der Waals surface area contributed by atoms with Crippen molar-refractivity contribution in [1.29, 1.82) is 0 Å². The van der Waals surface area contributed by atoms with Crippen molar-refractivity contribution in [2.24, 2.45) is 16.8 Å². The lowest BCUT2D eigenvalue weighted by atomic mass is 9.95. The van der Waals surface area contributed by atoms with E-state index >= 15 is 0 Å². The van der Waals surface area contributed by atoms with Gasteiger partial charge in [-0.15, -0.1) is 35.7 Å². The van der Waals surface area contributed by atoms with Crippen molar-refractivity contribution in [3.8, 4) is 0 Å². The van der Waals surface area contributed by atoms with Crippen molar-refractivity contribution in [2.75, 3.05) is 38.5 Å². The quantitative estimate of drug-likeness (QED) is 0.215. The molecule has 3 unspecified atom stereocenters. The van der Waals surface area contributed by atoms with Gasteiger partial charge in [0.2, 0.25) is 0 Å². The van der Waals surface area contributed by atoms with E-state index in [0.29, 0.717) is 11.8 Å². The Morgan fingerprint density at radius 2 is 1.84 bits per heavy atom. The molecule has 168 valence electrons. The Balaban J connectivity index is 0.00000272. The summed E-state index contributed by atoms with van der Waals surface area (Å²) in [5.41, 5.74) is 1.28. The van der Waals surface area contributed by atoms with Crippen LogP contribution in [0.2, 0.25) is 0 Å². The topological polar surface area (TPSA) is 36.9 Å². The molecule has 2 aliphatic heterocycles. The van der Waals surface area contributed by atoms with Crippen molar-refractivity contribution in [1.82, 2.24) is 10.2 Å². The number of halogens is 1. The second-order valence-electron chi connectivity index (χ2n) is 8.17. The van der Waals surface area contributed by atoms with E-state index in [1.165, 1.54) is 22.6 Å². The Morgan fingerprint density at radius 1 is 1.10 bits per heavy atom. The number of likely N-dealkylation sites (tertiary alicyclic amines) is 1. The average Bonchev–Trinajstić information content (AvgIpc) is 3.46. The van der Waals surface area contributed by atoms with Gasteiger partial charge in [0.05, 0.1) is 6.10 Å². The van der Waals surface area contributed by atoms with Gasteiger partial charge >= 0.3 is 0 Å². The van der Waals surface area contributed by atoms with Crippen molar-refractivity contribution >= 4 is 41.7 Å². The molecule has 0 aromatic heterocycles. The van der Waals surface area contributed by atoms with E-state index in [9.17, 15) is 0 Å². The van der Waals surface area contributed by atoms with Crippen LogP contribution < -0.4 is 5.32 Å². The van der Waals surface area contributed by atoms with E-state index in [-0.39, 0.29) is 30.1 Å². The fourth-order valence-corrected chi connectivity index (χ4v) is 5.40. The summed E-state index contributed by atoms with van der Waals surface area (Å²) in [4.78, 5) is 8.87. The third-order valence-corrected chi connectivity index (χ3v) is 7.21. The molecule has 2 aromatic carbocycles. The summed E-state index contributed by atoms with van der Waals surface area (Å²) in [6, 6.07) is 21.3. The zero-order valence-corrected chi connectivity index (χ0v) is 21.4. The maximum Gasteiger partial charge on any atom is 0.193 e. The van der Waals surface area contributed by atoms with Crippen LogP contribution in [0.5, 0.6) is 0 Å². The number of aliphatic imine (C=N–C) groups is 1. The summed E-state index contributed by atoms with van der Waals surface area (Å²) < 4.78 is 6.05. The van der Waals surface area contributed by atoms with Gasteiger partial charge in [0.25, 0.3) is 0 Å². The maximum absolute atomic E-state index is 6.05. The highest BCUT2D eigenvalue weighted by atomic mass is 127. The molecule has 1 N–H and O–H groups in total. The van der Waals surface area contributed by atoms with E-state index in [1.807, 2.05) is 11.8 Å². The molecule has 0 aliphatic carbocycles. The summed E-state index contributed by atoms with van der Waals surface area (Å²) in [5.74, 6) is 3.41. The fraction of sp³-hybridized carbons (Fsp3) is 0.480. The minimum Gasteiger partial charge on any atom is -0.373 e. The Kier molecular flexibility index (Phi) is 9.99. The van der Waals surface area contributed by atoms with Gasteiger partial charge in [0.1, 0.15) is 0 Å². The smallest absolute Gasteiger partial charge is 0.193 e. The van der Waals surface area contributed by atoms with Crippen LogP contribution in [-0.4, -0.2) is 49.4 Å². The lowest BCUT2D eigenvalue weighted by Gasteiger charge is -2.23. The van der Waals surface area contributed by atoms with Crippen molar-refractivity contribution in [2.45, 2.75) is 30.8 Å². The van der Waals surface area contributed by atoms with Gasteiger partial charge in [-0.2, -0.15) is 0 Å². The number of hydrogen-bond donors (Lipinski definition) is 1. The van der Waals surface area contributed by atoms with Gasteiger partial charge in [-0.25, -0.2) is 0 Å². The first-order valence-electron chi connectivity index (χ1n) is 11.2. The third kappa shape index (κ3) is 6.86.